The lowest BCUT2D eigenvalue weighted by molar-refractivity contribution is -0.115. The predicted molar refractivity (Wildman–Crippen MR) is 112 cm³/mol. The fraction of sp³-hybridized carbons (Fsp3) is 0.300. The number of hydrogen-bond donors (Lipinski definition) is 2. The Morgan fingerprint density at radius 1 is 1.13 bits per heavy atom. The van der Waals surface area contributed by atoms with Crippen LogP contribution in [0.15, 0.2) is 47.4 Å². The molecule has 0 saturated carbocycles. The van der Waals surface area contributed by atoms with Crippen LogP contribution in [0.3, 0.4) is 0 Å². The number of benzene rings is 2. The molecule has 7 nitrogen and oxygen atoms in total. The second kappa shape index (κ2) is 8.89. The average molecular weight is 472 g/mol. The Balaban J connectivity index is 1.81. The van der Waals surface area contributed by atoms with Gasteiger partial charge < -0.3 is 10.2 Å². The van der Waals surface area contributed by atoms with E-state index in [1.165, 1.54) is 12.1 Å². The highest BCUT2D eigenvalue weighted by Crippen LogP contribution is 2.29. The van der Waals surface area contributed by atoms with E-state index in [0.717, 1.165) is 11.0 Å². The Hall–Kier alpha value is -2.56. The summed E-state index contributed by atoms with van der Waals surface area (Å²) in [4.78, 5) is 25.7. The highest BCUT2D eigenvalue weighted by molar-refractivity contribution is 7.89. The zero-order valence-electron chi connectivity index (χ0n) is 16.3. The Bertz CT molecular complexity index is 1120. The van der Waals surface area contributed by atoms with Gasteiger partial charge in [-0.3, -0.25) is 9.59 Å². The number of amides is 2. The summed E-state index contributed by atoms with van der Waals surface area (Å²) in [7, 11) is -4.33. The second-order valence-corrected chi connectivity index (χ2v) is 9.16. The summed E-state index contributed by atoms with van der Waals surface area (Å²) in [6.07, 6.45) is -1.05. The lowest BCUT2D eigenvalue weighted by Crippen LogP contribution is -2.43. The summed E-state index contributed by atoms with van der Waals surface area (Å²) in [5, 5.41) is 8.22. The molecule has 0 radical (unpaired) electrons. The van der Waals surface area contributed by atoms with Crippen molar-refractivity contribution in [3.8, 4) is 0 Å². The third kappa shape index (κ3) is 5.78. The van der Waals surface area contributed by atoms with Gasteiger partial charge in [0.05, 0.1) is 16.9 Å². The number of carbonyl (C=O) groups is 2. The molecule has 1 saturated heterocycles. The van der Waals surface area contributed by atoms with Crippen LogP contribution in [0.25, 0.3) is 0 Å². The van der Waals surface area contributed by atoms with Crippen molar-refractivity contribution >= 4 is 39.1 Å². The van der Waals surface area contributed by atoms with Crippen LogP contribution in [-0.4, -0.2) is 44.1 Å². The first-order valence-electron chi connectivity index (χ1n) is 9.33. The number of piperidine rings is 1. The molecule has 3 N–H and O–H groups in total. The van der Waals surface area contributed by atoms with Gasteiger partial charge in [0.15, 0.2) is 0 Å². The molecule has 0 unspecified atom stereocenters. The van der Waals surface area contributed by atoms with Crippen molar-refractivity contribution in [1.29, 1.82) is 0 Å². The number of likely N-dealkylation sites (tertiary alicyclic amines) is 1. The Labute approximate surface area is 183 Å². The number of sulfonamides is 1. The topological polar surface area (TPSA) is 110 Å². The highest BCUT2D eigenvalue weighted by Gasteiger charge is 2.36. The molecule has 0 aromatic heterocycles. The maximum absolute atomic E-state index is 13.4. The number of nitrogens with zero attached hydrogens (tertiary/aromatic N) is 1. The smallest absolute Gasteiger partial charge is 0.255 e. The number of alkyl halides is 2. The van der Waals surface area contributed by atoms with E-state index in [4.69, 9.17) is 16.7 Å². The maximum atomic E-state index is 13.4. The standard InChI is InChI=1S/C20H20ClF2N3O4S/c21-16-4-2-1-3-13(16)11-18(27)25-14-5-6-15(17(12-14)31(24,29)30)19(28)26-9-7-20(22,23)8-10-26/h1-6,12H,7-11H2,(H,25,27)(H2,24,29,30). The van der Waals surface area contributed by atoms with Crippen molar-refractivity contribution in [2.45, 2.75) is 30.1 Å². The Morgan fingerprint density at radius 3 is 2.39 bits per heavy atom. The van der Waals surface area contributed by atoms with Gasteiger partial charge in [0.2, 0.25) is 15.9 Å². The van der Waals surface area contributed by atoms with Gasteiger partial charge in [-0.25, -0.2) is 22.3 Å². The van der Waals surface area contributed by atoms with Crippen LogP contribution in [0.5, 0.6) is 0 Å². The molecule has 0 aliphatic carbocycles. The van der Waals surface area contributed by atoms with Crippen LogP contribution in [0.2, 0.25) is 5.02 Å². The summed E-state index contributed by atoms with van der Waals surface area (Å²) >= 11 is 6.04. The quantitative estimate of drug-likeness (QED) is 0.698. The summed E-state index contributed by atoms with van der Waals surface area (Å²) in [5.41, 5.74) is 0.460. The van der Waals surface area contributed by atoms with Crippen LogP contribution in [0.1, 0.15) is 28.8 Å². The zero-order chi connectivity index (χ0) is 22.8. The molecule has 1 aliphatic heterocycles. The number of primary sulfonamides is 1. The van der Waals surface area contributed by atoms with Crippen LogP contribution < -0.4 is 10.5 Å². The summed E-state index contributed by atoms with van der Waals surface area (Å²) in [6.45, 7) is -0.404. The predicted octanol–water partition coefficient (Wildman–Crippen LogP) is 3.04. The first-order chi connectivity index (χ1) is 14.5. The summed E-state index contributed by atoms with van der Waals surface area (Å²) in [6, 6.07) is 10.4. The highest BCUT2D eigenvalue weighted by atomic mass is 35.5. The van der Waals surface area contributed by atoms with Gasteiger partial charge in [0.25, 0.3) is 11.8 Å². The van der Waals surface area contributed by atoms with Crippen molar-refractivity contribution in [1.82, 2.24) is 4.90 Å². The van der Waals surface area contributed by atoms with Gasteiger partial charge in [0.1, 0.15) is 0 Å². The van der Waals surface area contributed by atoms with Crippen molar-refractivity contribution in [3.05, 3.63) is 58.6 Å². The van der Waals surface area contributed by atoms with E-state index in [9.17, 15) is 26.8 Å². The summed E-state index contributed by atoms with van der Waals surface area (Å²) in [5.74, 6) is -4.02. The second-order valence-electron chi connectivity index (χ2n) is 7.22. The fourth-order valence-electron chi connectivity index (χ4n) is 3.24. The first kappa shape index (κ1) is 23.1. The normalized spacial score (nSPS) is 16.1. The number of carbonyl (C=O) groups excluding carboxylic acids is 2. The molecule has 0 bridgehead atoms. The van der Waals surface area contributed by atoms with Gasteiger partial charge >= 0.3 is 0 Å². The van der Waals surface area contributed by atoms with Crippen LogP contribution >= 0.6 is 11.6 Å². The minimum absolute atomic E-state index is 0.0486. The Kier molecular flexibility index (Phi) is 6.63. The fourth-order valence-corrected chi connectivity index (χ4v) is 4.20. The van der Waals surface area contributed by atoms with Gasteiger partial charge in [-0.15, -0.1) is 0 Å². The minimum Gasteiger partial charge on any atom is -0.338 e. The van der Waals surface area contributed by atoms with Gasteiger partial charge in [-0.1, -0.05) is 29.8 Å². The van der Waals surface area contributed by atoms with Crippen LogP contribution in [0, 0.1) is 0 Å². The molecule has 1 fully saturated rings. The molecule has 2 aromatic carbocycles. The van der Waals surface area contributed by atoms with Gasteiger partial charge in [-0.05, 0) is 29.8 Å². The maximum Gasteiger partial charge on any atom is 0.255 e. The number of nitrogens with one attached hydrogen (secondary N) is 1. The lowest BCUT2D eigenvalue weighted by Gasteiger charge is -2.32. The van der Waals surface area contributed by atoms with E-state index < -0.39 is 45.5 Å². The average Bonchev–Trinajstić information content (AvgIpc) is 2.68. The van der Waals surface area contributed by atoms with Crippen molar-refractivity contribution < 1.29 is 26.8 Å². The molecule has 0 spiro atoms. The molecule has 166 valence electrons. The molecule has 1 aliphatic rings. The van der Waals surface area contributed by atoms with Crippen molar-refractivity contribution in [3.63, 3.8) is 0 Å². The number of halogens is 3. The van der Waals surface area contributed by atoms with E-state index >= 15 is 0 Å². The minimum atomic E-state index is -4.33. The number of nitrogens with two attached hydrogens (primary N) is 1. The molecule has 31 heavy (non-hydrogen) atoms. The molecule has 3 rings (SSSR count). The van der Waals surface area contributed by atoms with E-state index in [1.54, 1.807) is 24.3 Å². The number of anilines is 1. The third-order valence-electron chi connectivity index (χ3n) is 4.89. The molecule has 1 heterocycles. The lowest BCUT2D eigenvalue weighted by atomic mass is 10.1. The van der Waals surface area contributed by atoms with Crippen molar-refractivity contribution in [2.75, 3.05) is 18.4 Å². The molecule has 0 atom stereocenters. The molecular formula is C20H20ClF2N3O4S. The van der Waals surface area contributed by atoms with Gasteiger partial charge in [-0.2, -0.15) is 0 Å². The largest absolute Gasteiger partial charge is 0.338 e. The summed E-state index contributed by atoms with van der Waals surface area (Å²) < 4.78 is 50.9. The first-order valence-corrected chi connectivity index (χ1v) is 11.3. The van der Waals surface area contributed by atoms with Crippen LogP contribution in [-0.2, 0) is 21.2 Å². The van der Waals surface area contributed by atoms with E-state index in [2.05, 4.69) is 5.32 Å². The molecular weight excluding hydrogens is 452 g/mol. The van der Waals surface area contributed by atoms with Crippen LogP contribution in [0.4, 0.5) is 14.5 Å². The third-order valence-corrected chi connectivity index (χ3v) is 6.21. The van der Waals surface area contributed by atoms with Crippen molar-refractivity contribution in [2.24, 2.45) is 5.14 Å². The Morgan fingerprint density at radius 2 is 1.77 bits per heavy atom. The van der Waals surface area contributed by atoms with Gasteiger partial charge in [0, 0.05) is 36.6 Å². The molecule has 2 aromatic rings. The molecule has 2 amide bonds. The molecule has 11 heteroatoms. The van der Waals surface area contributed by atoms with E-state index in [1.807, 2.05) is 0 Å². The number of rotatable bonds is 5. The monoisotopic (exact) mass is 471 g/mol. The zero-order valence-corrected chi connectivity index (χ0v) is 17.8. The van der Waals surface area contributed by atoms with E-state index in [-0.39, 0.29) is 30.8 Å². The SMILES string of the molecule is NS(=O)(=O)c1cc(NC(=O)Cc2ccccc2Cl)ccc1C(=O)N1CCC(F)(F)CC1. The number of hydrogen-bond acceptors (Lipinski definition) is 4. The van der Waals surface area contributed by atoms with E-state index in [0.29, 0.717) is 10.6 Å².